The highest BCUT2D eigenvalue weighted by Gasteiger charge is 2.16. The Labute approximate surface area is 181 Å². The van der Waals surface area contributed by atoms with Gasteiger partial charge in [0.1, 0.15) is 11.6 Å². The summed E-state index contributed by atoms with van der Waals surface area (Å²) >= 11 is 0. The van der Waals surface area contributed by atoms with Crippen LogP contribution in [0.3, 0.4) is 0 Å². The topological polar surface area (TPSA) is 84.5 Å². The molecule has 0 aliphatic heterocycles. The highest BCUT2D eigenvalue weighted by Crippen LogP contribution is 2.23. The Kier molecular flexibility index (Phi) is 7.25. The Hall–Kier alpha value is -3.39. The molecule has 31 heavy (non-hydrogen) atoms. The van der Waals surface area contributed by atoms with E-state index in [0.29, 0.717) is 17.9 Å². The molecule has 0 radical (unpaired) electrons. The molecule has 0 aliphatic carbocycles. The van der Waals surface area contributed by atoms with E-state index in [1.54, 1.807) is 6.92 Å². The van der Waals surface area contributed by atoms with Crippen LogP contribution in [-0.2, 0) is 21.2 Å². The molecule has 0 aromatic heterocycles. The average molecular weight is 443 g/mol. The van der Waals surface area contributed by atoms with Gasteiger partial charge in [-0.15, -0.1) is 0 Å². The van der Waals surface area contributed by atoms with E-state index in [1.807, 2.05) is 30.3 Å². The number of aryl methyl sites for hydroxylation is 1. The maximum atomic E-state index is 13.0. The Morgan fingerprint density at radius 2 is 1.71 bits per heavy atom. The van der Waals surface area contributed by atoms with Gasteiger partial charge in [-0.25, -0.2) is 12.8 Å². The van der Waals surface area contributed by atoms with Crippen molar-refractivity contribution in [1.29, 1.82) is 0 Å². The van der Waals surface area contributed by atoms with Gasteiger partial charge in [0.2, 0.25) is 0 Å². The van der Waals surface area contributed by atoms with Crippen LogP contribution in [0, 0.1) is 12.7 Å². The third-order valence-electron chi connectivity index (χ3n) is 4.49. The second-order valence-electron chi connectivity index (χ2n) is 6.91. The number of benzene rings is 3. The summed E-state index contributed by atoms with van der Waals surface area (Å²) in [4.78, 5) is 12.0. The van der Waals surface area contributed by atoms with Crippen LogP contribution in [0.4, 0.5) is 10.1 Å². The zero-order valence-electron chi connectivity index (χ0n) is 17.0. The fourth-order valence-electron chi connectivity index (χ4n) is 2.87. The smallest absolute Gasteiger partial charge is 0.261 e. The number of sulfonamides is 1. The van der Waals surface area contributed by atoms with Gasteiger partial charge in [-0.3, -0.25) is 9.52 Å². The largest absolute Gasteiger partial charge is 0.484 e. The molecule has 0 heterocycles. The molecule has 3 aromatic carbocycles. The molecule has 2 N–H and O–H groups in total. The molecule has 3 aromatic rings. The highest BCUT2D eigenvalue weighted by molar-refractivity contribution is 7.92. The van der Waals surface area contributed by atoms with Crippen LogP contribution in [0.25, 0.3) is 0 Å². The monoisotopic (exact) mass is 442 g/mol. The first-order valence-electron chi connectivity index (χ1n) is 9.66. The Morgan fingerprint density at radius 1 is 1.00 bits per heavy atom. The van der Waals surface area contributed by atoms with E-state index in [2.05, 4.69) is 10.0 Å². The van der Waals surface area contributed by atoms with Gasteiger partial charge in [0.25, 0.3) is 15.9 Å². The number of carbonyl (C=O) groups is 1. The Balaban J connectivity index is 1.53. The zero-order valence-corrected chi connectivity index (χ0v) is 17.8. The number of nitrogens with one attached hydrogen (secondary N) is 2. The fourth-order valence-corrected chi connectivity index (χ4v) is 4.01. The van der Waals surface area contributed by atoms with Gasteiger partial charge >= 0.3 is 0 Å². The lowest BCUT2D eigenvalue weighted by Crippen LogP contribution is -2.30. The highest BCUT2D eigenvalue weighted by atomic mass is 32.2. The van der Waals surface area contributed by atoms with E-state index >= 15 is 0 Å². The Bertz CT molecular complexity index is 1130. The van der Waals surface area contributed by atoms with Crippen molar-refractivity contribution in [2.75, 3.05) is 17.9 Å². The van der Waals surface area contributed by atoms with Gasteiger partial charge in [-0.2, -0.15) is 0 Å². The fraction of sp³-hybridized carbons (Fsp3) is 0.174. The van der Waals surface area contributed by atoms with Crippen LogP contribution in [-0.4, -0.2) is 27.5 Å². The van der Waals surface area contributed by atoms with E-state index in [9.17, 15) is 17.6 Å². The molecule has 6 nitrogen and oxygen atoms in total. The molecule has 0 saturated heterocycles. The molecule has 8 heteroatoms. The first-order chi connectivity index (χ1) is 14.8. The van der Waals surface area contributed by atoms with Crippen molar-refractivity contribution in [3.8, 4) is 5.75 Å². The van der Waals surface area contributed by atoms with Gasteiger partial charge in [0.15, 0.2) is 6.61 Å². The number of hydrogen-bond acceptors (Lipinski definition) is 4. The number of carbonyl (C=O) groups excluding carboxylic acids is 1. The second kappa shape index (κ2) is 10.1. The summed E-state index contributed by atoms with van der Waals surface area (Å²) in [7, 11) is -3.84. The summed E-state index contributed by atoms with van der Waals surface area (Å²) in [5.74, 6) is -0.298. The van der Waals surface area contributed by atoms with Crippen molar-refractivity contribution in [3.05, 3.63) is 89.7 Å². The standard InChI is InChI=1S/C23H23FN2O4S/c1-17-15-21(31(28,29)26-20-9-7-19(24)8-10-20)11-12-22(17)30-16-23(27)25-14-13-18-5-3-2-4-6-18/h2-12,15,26H,13-14,16H2,1H3,(H,25,27). The first kappa shape index (κ1) is 22.3. The van der Waals surface area contributed by atoms with E-state index in [4.69, 9.17) is 4.74 Å². The van der Waals surface area contributed by atoms with Crippen LogP contribution in [0.15, 0.2) is 77.7 Å². The minimum absolute atomic E-state index is 0.0361. The van der Waals surface area contributed by atoms with Crippen molar-refractivity contribution in [1.82, 2.24) is 5.32 Å². The third kappa shape index (κ3) is 6.55. The predicted octanol–water partition coefficient (Wildman–Crippen LogP) is 3.67. The van der Waals surface area contributed by atoms with E-state index in [0.717, 1.165) is 12.0 Å². The zero-order chi connectivity index (χ0) is 22.3. The van der Waals surface area contributed by atoms with Crippen LogP contribution < -0.4 is 14.8 Å². The molecule has 0 fully saturated rings. The number of ether oxygens (including phenoxy) is 1. The second-order valence-corrected chi connectivity index (χ2v) is 8.60. The van der Waals surface area contributed by atoms with Gasteiger partial charge < -0.3 is 10.1 Å². The summed E-state index contributed by atoms with van der Waals surface area (Å²) in [6, 6.07) is 19.2. The molecule has 0 aliphatic rings. The van der Waals surface area contributed by atoms with Crippen LogP contribution in [0.5, 0.6) is 5.75 Å². The molecule has 0 spiro atoms. The SMILES string of the molecule is Cc1cc(S(=O)(=O)Nc2ccc(F)cc2)ccc1OCC(=O)NCCc1ccccc1. The molecule has 0 saturated carbocycles. The molecule has 0 atom stereocenters. The van der Waals surface area contributed by atoms with Gasteiger partial charge in [-0.05, 0) is 66.9 Å². The summed E-state index contributed by atoms with van der Waals surface area (Å²) < 4.78 is 46.0. The van der Waals surface area contributed by atoms with Crippen molar-refractivity contribution >= 4 is 21.6 Å². The quantitative estimate of drug-likeness (QED) is 0.530. The lowest BCUT2D eigenvalue weighted by atomic mass is 10.1. The van der Waals surface area contributed by atoms with E-state index in [-0.39, 0.29) is 23.1 Å². The van der Waals surface area contributed by atoms with Crippen molar-refractivity contribution in [2.45, 2.75) is 18.2 Å². The number of amides is 1. The van der Waals surface area contributed by atoms with Crippen LogP contribution in [0.1, 0.15) is 11.1 Å². The number of hydrogen-bond donors (Lipinski definition) is 2. The van der Waals surface area contributed by atoms with Gasteiger partial charge in [-0.1, -0.05) is 30.3 Å². The first-order valence-corrected chi connectivity index (χ1v) is 11.1. The maximum absolute atomic E-state index is 13.0. The van der Waals surface area contributed by atoms with Crippen LogP contribution in [0.2, 0.25) is 0 Å². The number of anilines is 1. The Morgan fingerprint density at radius 3 is 2.39 bits per heavy atom. The van der Waals surface area contributed by atoms with Crippen LogP contribution >= 0.6 is 0 Å². The van der Waals surface area contributed by atoms with E-state index in [1.165, 1.54) is 42.5 Å². The molecule has 162 valence electrons. The maximum Gasteiger partial charge on any atom is 0.261 e. The van der Waals surface area contributed by atoms with Gasteiger partial charge in [0, 0.05) is 12.2 Å². The predicted molar refractivity (Wildman–Crippen MR) is 117 cm³/mol. The lowest BCUT2D eigenvalue weighted by molar-refractivity contribution is -0.123. The average Bonchev–Trinajstić information content (AvgIpc) is 2.75. The number of rotatable bonds is 9. The number of halogens is 1. The molecule has 3 rings (SSSR count). The molecule has 1 amide bonds. The third-order valence-corrected chi connectivity index (χ3v) is 5.87. The summed E-state index contributed by atoms with van der Waals surface area (Å²) in [6.07, 6.45) is 0.721. The lowest BCUT2D eigenvalue weighted by Gasteiger charge is -2.12. The minimum atomic E-state index is -3.84. The normalized spacial score (nSPS) is 11.0. The molecular formula is C23H23FN2O4S. The summed E-state index contributed by atoms with van der Waals surface area (Å²) in [5.41, 5.74) is 1.95. The minimum Gasteiger partial charge on any atom is -0.484 e. The van der Waals surface area contributed by atoms with Crippen molar-refractivity contribution in [2.24, 2.45) is 0 Å². The van der Waals surface area contributed by atoms with E-state index < -0.39 is 15.8 Å². The van der Waals surface area contributed by atoms with Gasteiger partial charge in [0.05, 0.1) is 4.90 Å². The molecule has 0 unspecified atom stereocenters. The molecule has 0 bridgehead atoms. The summed E-state index contributed by atoms with van der Waals surface area (Å²) in [6.45, 7) is 2.02. The summed E-state index contributed by atoms with van der Waals surface area (Å²) in [5, 5.41) is 2.79. The van der Waals surface area contributed by atoms with Crippen molar-refractivity contribution < 1.29 is 22.3 Å². The van der Waals surface area contributed by atoms with Crippen molar-refractivity contribution in [3.63, 3.8) is 0 Å². The molecular weight excluding hydrogens is 419 g/mol.